The van der Waals surface area contributed by atoms with E-state index in [1.54, 1.807) is 7.11 Å². The predicted molar refractivity (Wildman–Crippen MR) is 48.4 cm³/mol. The first-order valence-corrected chi connectivity index (χ1v) is 4.48. The molecule has 0 N–H and O–H groups in total. The fraction of sp³-hybridized carbons (Fsp3) is 0.889. The Kier molecular flexibility index (Phi) is 3.69. The summed E-state index contributed by atoms with van der Waals surface area (Å²) in [4.78, 5) is 13.5. The number of ether oxygens (including phenoxy) is 2. The highest BCUT2D eigenvalue weighted by Gasteiger charge is 2.33. The van der Waals surface area contributed by atoms with Crippen LogP contribution in [0.5, 0.6) is 0 Å². The molecule has 1 aliphatic heterocycles. The van der Waals surface area contributed by atoms with Crippen molar-refractivity contribution in [2.45, 2.75) is 12.5 Å². The normalized spacial score (nSPS) is 30.1. The molecule has 0 saturated carbocycles. The van der Waals surface area contributed by atoms with Gasteiger partial charge in [-0.25, -0.2) is 0 Å². The molecular formula is C9H17NO3. The fourth-order valence-corrected chi connectivity index (χ4v) is 1.73. The molecule has 1 aliphatic rings. The van der Waals surface area contributed by atoms with Gasteiger partial charge in [0.2, 0.25) is 0 Å². The summed E-state index contributed by atoms with van der Waals surface area (Å²) < 4.78 is 9.97. The molecule has 4 heteroatoms. The number of nitrogens with zero attached hydrogens (tertiary/aromatic N) is 1. The van der Waals surface area contributed by atoms with Crippen LogP contribution < -0.4 is 0 Å². The Morgan fingerprint density at radius 2 is 2.15 bits per heavy atom. The van der Waals surface area contributed by atoms with Crippen LogP contribution in [-0.2, 0) is 14.3 Å². The second-order valence-electron chi connectivity index (χ2n) is 3.45. The van der Waals surface area contributed by atoms with E-state index in [4.69, 9.17) is 9.47 Å². The van der Waals surface area contributed by atoms with Crippen LogP contribution in [0.1, 0.15) is 6.42 Å². The lowest BCUT2D eigenvalue weighted by atomic mass is 9.94. The largest absolute Gasteiger partial charge is 0.469 e. The predicted octanol–water partition coefficient (Wildman–Crippen LogP) is 0.126. The molecule has 4 nitrogen and oxygen atoms in total. The van der Waals surface area contributed by atoms with Crippen molar-refractivity contribution < 1.29 is 14.3 Å². The second kappa shape index (κ2) is 4.58. The Bertz CT molecular complexity index is 184. The molecule has 13 heavy (non-hydrogen) atoms. The van der Waals surface area contributed by atoms with Crippen LogP contribution in [0.2, 0.25) is 0 Å². The average molecular weight is 187 g/mol. The molecule has 0 aliphatic carbocycles. The molecule has 0 amide bonds. The number of piperidine rings is 1. The highest BCUT2D eigenvalue weighted by atomic mass is 16.5. The summed E-state index contributed by atoms with van der Waals surface area (Å²) in [5, 5.41) is 0. The minimum atomic E-state index is -0.153. The van der Waals surface area contributed by atoms with Crippen molar-refractivity contribution in [3.63, 3.8) is 0 Å². The van der Waals surface area contributed by atoms with Crippen molar-refractivity contribution >= 4 is 5.97 Å². The zero-order valence-corrected chi connectivity index (χ0v) is 8.45. The van der Waals surface area contributed by atoms with Crippen molar-refractivity contribution in [1.29, 1.82) is 0 Å². The Balaban J connectivity index is 2.57. The molecule has 0 bridgehead atoms. The van der Waals surface area contributed by atoms with Gasteiger partial charge in [-0.1, -0.05) is 0 Å². The number of esters is 1. The number of hydrogen-bond donors (Lipinski definition) is 0. The van der Waals surface area contributed by atoms with E-state index < -0.39 is 0 Å². The maximum Gasteiger partial charge on any atom is 0.311 e. The third-order valence-electron chi connectivity index (χ3n) is 2.57. The minimum absolute atomic E-state index is 0.0220. The van der Waals surface area contributed by atoms with E-state index >= 15 is 0 Å². The zero-order valence-electron chi connectivity index (χ0n) is 8.45. The topological polar surface area (TPSA) is 38.8 Å². The van der Waals surface area contributed by atoms with Gasteiger partial charge in [0.15, 0.2) is 0 Å². The van der Waals surface area contributed by atoms with Gasteiger partial charge in [-0.3, -0.25) is 4.79 Å². The van der Waals surface area contributed by atoms with Gasteiger partial charge in [0.25, 0.3) is 0 Å². The summed E-state index contributed by atoms with van der Waals surface area (Å²) in [6, 6.07) is 0. The van der Waals surface area contributed by atoms with Gasteiger partial charge in [0.05, 0.1) is 19.1 Å². The first-order valence-electron chi connectivity index (χ1n) is 4.48. The third-order valence-corrected chi connectivity index (χ3v) is 2.57. The van der Waals surface area contributed by atoms with Crippen molar-refractivity contribution in [2.24, 2.45) is 5.92 Å². The van der Waals surface area contributed by atoms with Crippen LogP contribution in [0.3, 0.4) is 0 Å². The number of methoxy groups -OCH3 is 2. The molecule has 76 valence electrons. The molecule has 1 fully saturated rings. The van der Waals surface area contributed by atoms with Gasteiger partial charge in [-0.05, 0) is 20.0 Å². The molecule has 0 spiro atoms. The van der Waals surface area contributed by atoms with Gasteiger partial charge < -0.3 is 14.4 Å². The third kappa shape index (κ3) is 2.42. The fourth-order valence-electron chi connectivity index (χ4n) is 1.73. The second-order valence-corrected chi connectivity index (χ2v) is 3.45. The maximum atomic E-state index is 11.3. The first-order chi connectivity index (χ1) is 6.19. The molecule has 2 atom stereocenters. The number of likely N-dealkylation sites (tertiary alicyclic amines) is 1. The molecule has 0 aromatic rings. The average Bonchev–Trinajstić information content (AvgIpc) is 2.16. The summed E-state index contributed by atoms with van der Waals surface area (Å²) in [6.07, 6.45) is 0.799. The standard InChI is InChI=1S/C9H17NO3/c1-10-5-4-7(9(11)13-3)8(6-10)12-2/h7-8H,4-6H2,1-3H3. The van der Waals surface area contributed by atoms with E-state index in [-0.39, 0.29) is 18.0 Å². The van der Waals surface area contributed by atoms with E-state index in [9.17, 15) is 4.79 Å². The van der Waals surface area contributed by atoms with E-state index in [1.807, 2.05) is 7.05 Å². The van der Waals surface area contributed by atoms with Gasteiger partial charge in [0.1, 0.15) is 0 Å². The molecule has 0 radical (unpaired) electrons. The van der Waals surface area contributed by atoms with Crippen molar-refractivity contribution in [2.75, 3.05) is 34.4 Å². The summed E-state index contributed by atoms with van der Waals surface area (Å²) in [7, 11) is 5.09. The molecule has 0 aromatic heterocycles. The number of carbonyl (C=O) groups is 1. The van der Waals surface area contributed by atoms with Gasteiger partial charge >= 0.3 is 5.97 Å². The summed E-state index contributed by atoms with van der Waals surface area (Å²) in [5.74, 6) is -0.244. The molecule has 0 aromatic carbocycles. The monoisotopic (exact) mass is 187 g/mol. The Morgan fingerprint density at radius 3 is 2.69 bits per heavy atom. The quantitative estimate of drug-likeness (QED) is 0.576. The SMILES string of the molecule is COC(=O)C1CCN(C)CC1OC. The molecular weight excluding hydrogens is 170 g/mol. The van der Waals surface area contributed by atoms with Crippen molar-refractivity contribution in [3.8, 4) is 0 Å². The van der Waals surface area contributed by atoms with Crippen molar-refractivity contribution in [1.82, 2.24) is 4.90 Å². The van der Waals surface area contributed by atoms with E-state index in [2.05, 4.69) is 4.90 Å². The molecule has 1 saturated heterocycles. The van der Waals surface area contributed by atoms with Crippen LogP contribution >= 0.6 is 0 Å². The number of hydrogen-bond acceptors (Lipinski definition) is 4. The minimum Gasteiger partial charge on any atom is -0.469 e. The van der Waals surface area contributed by atoms with Crippen LogP contribution in [-0.4, -0.2) is 51.3 Å². The maximum absolute atomic E-state index is 11.3. The Hall–Kier alpha value is -0.610. The smallest absolute Gasteiger partial charge is 0.311 e. The Labute approximate surface area is 78.8 Å². The lowest BCUT2D eigenvalue weighted by Crippen LogP contribution is -2.46. The van der Waals surface area contributed by atoms with E-state index in [0.717, 1.165) is 19.5 Å². The van der Waals surface area contributed by atoms with Gasteiger partial charge in [0, 0.05) is 13.7 Å². The molecule has 1 rings (SSSR count). The summed E-state index contributed by atoms with van der Waals surface area (Å²) in [5.41, 5.74) is 0. The lowest BCUT2D eigenvalue weighted by molar-refractivity contribution is -0.153. The van der Waals surface area contributed by atoms with Crippen LogP contribution in [0.15, 0.2) is 0 Å². The number of carbonyl (C=O) groups excluding carboxylic acids is 1. The number of likely N-dealkylation sites (N-methyl/N-ethyl adjacent to an activating group) is 1. The van der Waals surface area contributed by atoms with Crippen LogP contribution in [0.4, 0.5) is 0 Å². The Morgan fingerprint density at radius 1 is 1.46 bits per heavy atom. The van der Waals surface area contributed by atoms with E-state index in [0.29, 0.717) is 0 Å². The zero-order chi connectivity index (χ0) is 9.84. The lowest BCUT2D eigenvalue weighted by Gasteiger charge is -2.34. The van der Waals surface area contributed by atoms with Crippen LogP contribution in [0.25, 0.3) is 0 Å². The summed E-state index contributed by atoms with van der Waals surface area (Å²) in [6.45, 7) is 1.73. The van der Waals surface area contributed by atoms with E-state index in [1.165, 1.54) is 7.11 Å². The first kappa shape index (κ1) is 10.5. The summed E-state index contributed by atoms with van der Waals surface area (Å²) >= 11 is 0. The molecule has 1 heterocycles. The molecule has 2 unspecified atom stereocenters. The highest BCUT2D eigenvalue weighted by molar-refractivity contribution is 5.73. The van der Waals surface area contributed by atoms with Gasteiger partial charge in [-0.15, -0.1) is 0 Å². The van der Waals surface area contributed by atoms with Gasteiger partial charge in [-0.2, -0.15) is 0 Å². The van der Waals surface area contributed by atoms with Crippen LogP contribution in [0, 0.1) is 5.92 Å². The van der Waals surface area contributed by atoms with Crippen molar-refractivity contribution in [3.05, 3.63) is 0 Å². The number of rotatable bonds is 2. The highest BCUT2D eigenvalue weighted by Crippen LogP contribution is 2.20.